The van der Waals surface area contributed by atoms with Gasteiger partial charge in [-0.3, -0.25) is 9.59 Å². The van der Waals surface area contributed by atoms with Gasteiger partial charge in [0.05, 0.1) is 0 Å². The maximum Gasteiger partial charge on any atom is 0.266 e. The van der Waals surface area contributed by atoms with Gasteiger partial charge in [-0.15, -0.1) is 0 Å². The van der Waals surface area contributed by atoms with Crippen molar-refractivity contribution in [2.45, 2.75) is 33.6 Å². The molecule has 0 N–H and O–H groups in total. The zero-order valence-electron chi connectivity index (χ0n) is 13.8. The number of nitrogens with zero attached hydrogens (tertiary/aromatic N) is 4. The molecule has 1 saturated heterocycles. The summed E-state index contributed by atoms with van der Waals surface area (Å²) in [6.45, 7) is 9.40. The molecule has 0 atom stereocenters. The van der Waals surface area contributed by atoms with Crippen molar-refractivity contribution in [3.05, 3.63) is 11.8 Å². The summed E-state index contributed by atoms with van der Waals surface area (Å²) in [5.41, 5.74) is 0.179. The van der Waals surface area contributed by atoms with Crippen LogP contribution < -0.4 is 0 Å². The van der Waals surface area contributed by atoms with Gasteiger partial charge in [0.2, 0.25) is 5.91 Å². The van der Waals surface area contributed by atoms with Gasteiger partial charge in [0.1, 0.15) is 11.6 Å². The lowest BCUT2D eigenvalue weighted by atomic mass is 10.2. The van der Waals surface area contributed by atoms with Crippen molar-refractivity contribution in [1.29, 1.82) is 5.26 Å². The number of carbonyl (C=O) groups is 2. The fraction of sp³-hybridized carbons (Fsp3) is 0.688. The first kappa shape index (κ1) is 18.0. The maximum atomic E-state index is 12.5. The molecule has 6 heteroatoms. The van der Waals surface area contributed by atoms with E-state index in [4.69, 9.17) is 0 Å². The van der Waals surface area contributed by atoms with E-state index >= 15 is 0 Å². The molecule has 2 amide bonds. The molecule has 6 nitrogen and oxygen atoms in total. The molecule has 1 rings (SSSR count). The number of rotatable bonds is 6. The first-order valence-electron chi connectivity index (χ1n) is 7.94. The molecular weight excluding hydrogens is 280 g/mol. The second-order valence-corrected chi connectivity index (χ2v) is 5.49. The molecule has 0 saturated carbocycles. The average Bonchev–Trinajstić information content (AvgIpc) is 2.52. The van der Waals surface area contributed by atoms with E-state index in [1.165, 1.54) is 6.92 Å². The van der Waals surface area contributed by atoms with Crippen molar-refractivity contribution in [3.63, 3.8) is 0 Å². The van der Waals surface area contributed by atoms with E-state index in [1.54, 1.807) is 16.0 Å². The summed E-state index contributed by atoms with van der Waals surface area (Å²) < 4.78 is 0. The van der Waals surface area contributed by atoms with Crippen LogP contribution in [0.4, 0.5) is 0 Å². The highest BCUT2D eigenvalue weighted by Gasteiger charge is 2.24. The first-order valence-corrected chi connectivity index (χ1v) is 7.94. The predicted octanol–water partition coefficient (Wildman–Crippen LogP) is 1.21. The van der Waals surface area contributed by atoms with Crippen LogP contribution in [0.25, 0.3) is 0 Å². The molecule has 0 unspecified atom stereocenters. The number of carbonyl (C=O) groups excluding carboxylic acids is 2. The zero-order chi connectivity index (χ0) is 16.5. The molecular formula is C16H26N4O2. The maximum absolute atomic E-state index is 12.5. The van der Waals surface area contributed by atoms with Gasteiger partial charge in [-0.2, -0.15) is 5.26 Å². The summed E-state index contributed by atoms with van der Waals surface area (Å²) in [6.07, 6.45) is 3.63. The van der Waals surface area contributed by atoms with Gasteiger partial charge in [-0.25, -0.2) is 0 Å². The van der Waals surface area contributed by atoms with E-state index in [1.807, 2.05) is 11.0 Å². The van der Waals surface area contributed by atoms with Crippen LogP contribution in [0.5, 0.6) is 0 Å². The Balaban J connectivity index is 2.72. The van der Waals surface area contributed by atoms with Crippen molar-refractivity contribution in [3.8, 4) is 6.07 Å². The second kappa shape index (κ2) is 9.08. The zero-order valence-corrected chi connectivity index (χ0v) is 13.8. The van der Waals surface area contributed by atoms with Gasteiger partial charge in [-0.1, -0.05) is 13.8 Å². The molecule has 0 radical (unpaired) electrons. The van der Waals surface area contributed by atoms with Gasteiger partial charge in [0, 0.05) is 52.4 Å². The minimum absolute atomic E-state index is 0.0280. The second-order valence-electron chi connectivity index (χ2n) is 5.49. The van der Waals surface area contributed by atoms with Gasteiger partial charge in [0.25, 0.3) is 5.91 Å². The van der Waals surface area contributed by atoms with E-state index in [2.05, 4.69) is 13.8 Å². The molecule has 1 fully saturated rings. The Bertz CT molecular complexity index is 453. The summed E-state index contributed by atoms with van der Waals surface area (Å²) in [5.74, 6) is -0.205. The SMILES string of the molecule is CCCN(/C=C(/C#N)C(=O)N1CCN(C(C)=O)CC1)CCC. The Hall–Kier alpha value is -2.03. The van der Waals surface area contributed by atoms with E-state index in [0.29, 0.717) is 26.2 Å². The van der Waals surface area contributed by atoms with Crippen molar-refractivity contribution in [2.75, 3.05) is 39.3 Å². The molecule has 1 aliphatic rings. The van der Waals surface area contributed by atoms with E-state index < -0.39 is 0 Å². The van der Waals surface area contributed by atoms with Crippen molar-refractivity contribution >= 4 is 11.8 Å². The molecule has 0 aromatic rings. The Morgan fingerprint density at radius 1 is 1.09 bits per heavy atom. The van der Waals surface area contributed by atoms with Crippen LogP contribution in [0.1, 0.15) is 33.6 Å². The van der Waals surface area contributed by atoms with E-state index in [9.17, 15) is 14.9 Å². The van der Waals surface area contributed by atoms with Gasteiger partial charge in [-0.05, 0) is 12.8 Å². The Morgan fingerprint density at radius 2 is 1.59 bits per heavy atom. The minimum Gasteiger partial charge on any atom is -0.376 e. The summed E-state index contributed by atoms with van der Waals surface area (Å²) in [5, 5.41) is 9.30. The molecule has 0 aromatic carbocycles. The van der Waals surface area contributed by atoms with Crippen LogP contribution in [0.15, 0.2) is 11.8 Å². The van der Waals surface area contributed by atoms with Crippen molar-refractivity contribution in [1.82, 2.24) is 14.7 Å². The largest absolute Gasteiger partial charge is 0.376 e. The van der Waals surface area contributed by atoms with Crippen LogP contribution in [0, 0.1) is 11.3 Å². The third-order valence-corrected chi connectivity index (χ3v) is 3.70. The highest BCUT2D eigenvalue weighted by Crippen LogP contribution is 2.09. The van der Waals surface area contributed by atoms with Crippen LogP contribution in [-0.4, -0.2) is 65.8 Å². The molecule has 0 aliphatic carbocycles. The van der Waals surface area contributed by atoms with Crippen molar-refractivity contribution < 1.29 is 9.59 Å². The quantitative estimate of drug-likeness (QED) is 0.546. The minimum atomic E-state index is -0.233. The molecule has 22 heavy (non-hydrogen) atoms. The third-order valence-electron chi connectivity index (χ3n) is 3.70. The van der Waals surface area contributed by atoms with Crippen LogP contribution in [0.2, 0.25) is 0 Å². The van der Waals surface area contributed by atoms with Crippen molar-refractivity contribution in [2.24, 2.45) is 0 Å². The summed E-state index contributed by atoms with van der Waals surface area (Å²) in [7, 11) is 0. The standard InChI is InChI=1S/C16H26N4O2/c1-4-6-18(7-5-2)13-15(12-17)16(22)20-10-8-19(9-11-20)14(3)21/h13H,4-11H2,1-3H3/b15-13-. The van der Waals surface area contributed by atoms with Crippen LogP contribution >= 0.6 is 0 Å². The predicted molar refractivity (Wildman–Crippen MR) is 84.7 cm³/mol. The van der Waals surface area contributed by atoms with Gasteiger partial charge in [0.15, 0.2) is 0 Å². The molecule has 1 aliphatic heterocycles. The Morgan fingerprint density at radius 3 is 2.00 bits per heavy atom. The number of hydrogen-bond donors (Lipinski definition) is 0. The van der Waals surface area contributed by atoms with Gasteiger partial charge >= 0.3 is 0 Å². The normalized spacial score (nSPS) is 15.5. The highest BCUT2D eigenvalue weighted by molar-refractivity contribution is 5.97. The molecule has 0 aromatic heterocycles. The first-order chi connectivity index (χ1) is 10.5. The number of piperazine rings is 1. The lowest BCUT2D eigenvalue weighted by Gasteiger charge is -2.34. The van der Waals surface area contributed by atoms with E-state index in [0.717, 1.165) is 25.9 Å². The Labute approximate surface area is 133 Å². The fourth-order valence-corrected chi connectivity index (χ4v) is 2.52. The molecule has 0 spiro atoms. The topological polar surface area (TPSA) is 67.7 Å². The smallest absolute Gasteiger partial charge is 0.266 e. The fourth-order valence-electron chi connectivity index (χ4n) is 2.52. The molecule has 0 bridgehead atoms. The molecule has 1 heterocycles. The summed E-state index contributed by atoms with van der Waals surface area (Å²) >= 11 is 0. The number of nitriles is 1. The summed E-state index contributed by atoms with van der Waals surface area (Å²) in [4.78, 5) is 29.2. The summed E-state index contributed by atoms with van der Waals surface area (Å²) in [6, 6.07) is 2.03. The number of hydrogen-bond acceptors (Lipinski definition) is 4. The lowest BCUT2D eigenvalue weighted by molar-refractivity contribution is -0.136. The van der Waals surface area contributed by atoms with Gasteiger partial charge < -0.3 is 14.7 Å². The van der Waals surface area contributed by atoms with Crippen LogP contribution in [-0.2, 0) is 9.59 Å². The molecule has 122 valence electrons. The average molecular weight is 306 g/mol. The van der Waals surface area contributed by atoms with E-state index in [-0.39, 0.29) is 17.4 Å². The third kappa shape index (κ3) is 5.06. The Kier molecular flexibility index (Phi) is 7.44. The monoisotopic (exact) mass is 306 g/mol. The number of amides is 2. The highest BCUT2D eigenvalue weighted by atomic mass is 16.2. The van der Waals surface area contributed by atoms with Crippen LogP contribution in [0.3, 0.4) is 0 Å². The lowest BCUT2D eigenvalue weighted by Crippen LogP contribution is -2.50.